The molecule has 0 aliphatic carbocycles. The topological polar surface area (TPSA) is 9.23 Å². The first kappa shape index (κ1) is 9.90. The zero-order valence-corrected chi connectivity index (χ0v) is 10.6. The van der Waals surface area contributed by atoms with E-state index in [-0.39, 0.29) is 0 Å². The summed E-state index contributed by atoms with van der Waals surface area (Å²) in [6.07, 6.45) is 0. The van der Waals surface area contributed by atoms with Gasteiger partial charge in [0.05, 0.1) is 0 Å². The lowest BCUT2D eigenvalue weighted by Crippen LogP contribution is -1.78. The molecule has 0 saturated carbocycles. The van der Waals surface area contributed by atoms with Crippen molar-refractivity contribution < 1.29 is 3.07 Å². The van der Waals surface area contributed by atoms with Crippen molar-refractivity contribution in [2.24, 2.45) is 0 Å². The van der Waals surface area contributed by atoms with E-state index in [0.29, 0.717) is 0 Å². The Bertz CT molecular complexity index is 661. The number of halogens is 1. The van der Waals surface area contributed by atoms with Gasteiger partial charge < -0.3 is 3.07 Å². The van der Waals surface area contributed by atoms with Crippen molar-refractivity contribution in [3.05, 3.63) is 54.6 Å². The van der Waals surface area contributed by atoms with Gasteiger partial charge in [0, 0.05) is 0 Å². The lowest BCUT2D eigenvalue weighted by atomic mass is 10.0. The SMILES string of the molecule is IOc1ccc2cc3ccccc3cc2c1. The first-order valence-corrected chi connectivity index (χ1v) is 5.96. The Labute approximate surface area is 108 Å². The second-order valence-corrected chi connectivity index (χ2v) is 4.23. The fraction of sp³-hybridized carbons (Fsp3) is 0. The Morgan fingerprint density at radius 2 is 1.31 bits per heavy atom. The Morgan fingerprint density at radius 1 is 0.688 bits per heavy atom. The van der Waals surface area contributed by atoms with Gasteiger partial charge in [-0.2, -0.15) is 0 Å². The zero-order chi connectivity index (χ0) is 11.0. The number of hydrogen-bond donors (Lipinski definition) is 0. The number of hydrogen-bond acceptors (Lipinski definition) is 1. The van der Waals surface area contributed by atoms with Crippen LogP contribution in [0.15, 0.2) is 54.6 Å². The van der Waals surface area contributed by atoms with E-state index >= 15 is 0 Å². The fourth-order valence-corrected chi connectivity index (χ4v) is 2.24. The van der Waals surface area contributed by atoms with Gasteiger partial charge in [0.25, 0.3) is 0 Å². The maximum absolute atomic E-state index is 5.20. The quantitative estimate of drug-likeness (QED) is 0.466. The minimum absolute atomic E-state index is 0.892. The Balaban J connectivity index is 2.37. The highest BCUT2D eigenvalue weighted by atomic mass is 127. The van der Waals surface area contributed by atoms with Crippen molar-refractivity contribution in [3.8, 4) is 5.75 Å². The van der Waals surface area contributed by atoms with Crippen LogP contribution in [0, 0.1) is 0 Å². The van der Waals surface area contributed by atoms with Gasteiger partial charge in [-0.25, -0.2) is 0 Å². The molecule has 0 fully saturated rings. The summed E-state index contributed by atoms with van der Waals surface area (Å²) in [4.78, 5) is 0. The van der Waals surface area contributed by atoms with E-state index < -0.39 is 0 Å². The van der Waals surface area contributed by atoms with Gasteiger partial charge in [0.2, 0.25) is 0 Å². The molecule has 0 aliphatic rings. The second kappa shape index (κ2) is 3.94. The molecule has 0 spiro atoms. The van der Waals surface area contributed by atoms with Crippen molar-refractivity contribution in [3.63, 3.8) is 0 Å². The molecule has 3 aromatic carbocycles. The van der Waals surface area contributed by atoms with E-state index in [9.17, 15) is 0 Å². The van der Waals surface area contributed by atoms with Crippen molar-refractivity contribution in [1.82, 2.24) is 0 Å². The van der Waals surface area contributed by atoms with Crippen LogP contribution in [-0.2, 0) is 0 Å². The summed E-state index contributed by atoms with van der Waals surface area (Å²) in [7, 11) is 0. The van der Waals surface area contributed by atoms with Crippen LogP contribution in [0.4, 0.5) is 0 Å². The number of benzene rings is 3. The van der Waals surface area contributed by atoms with Crippen molar-refractivity contribution in [2.45, 2.75) is 0 Å². The first-order valence-electron chi connectivity index (χ1n) is 5.08. The number of rotatable bonds is 1. The Kier molecular flexibility index (Phi) is 2.44. The van der Waals surface area contributed by atoms with E-state index in [0.717, 1.165) is 5.75 Å². The Morgan fingerprint density at radius 3 is 2.00 bits per heavy atom. The van der Waals surface area contributed by atoms with E-state index in [1.54, 1.807) is 0 Å². The fourth-order valence-electron chi connectivity index (χ4n) is 1.97. The van der Waals surface area contributed by atoms with Gasteiger partial charge in [-0.05, 0) is 45.8 Å². The van der Waals surface area contributed by atoms with Gasteiger partial charge in [-0.3, -0.25) is 0 Å². The minimum Gasteiger partial charge on any atom is -0.428 e. The molecular formula is C14H9IO. The summed E-state index contributed by atoms with van der Waals surface area (Å²) in [5.74, 6) is 0.892. The van der Waals surface area contributed by atoms with Crippen LogP contribution in [0.2, 0.25) is 0 Å². The summed E-state index contributed by atoms with van der Waals surface area (Å²) in [5.41, 5.74) is 0. The van der Waals surface area contributed by atoms with E-state index in [4.69, 9.17) is 3.07 Å². The molecule has 0 atom stereocenters. The second-order valence-electron chi connectivity index (χ2n) is 3.79. The molecule has 16 heavy (non-hydrogen) atoms. The molecule has 0 N–H and O–H groups in total. The van der Waals surface area contributed by atoms with Crippen LogP contribution >= 0.6 is 23.0 Å². The van der Waals surface area contributed by atoms with Gasteiger partial charge >= 0.3 is 0 Å². The highest BCUT2D eigenvalue weighted by Crippen LogP contribution is 2.26. The molecule has 1 nitrogen and oxygen atoms in total. The van der Waals surface area contributed by atoms with Gasteiger partial charge in [-0.15, -0.1) is 0 Å². The van der Waals surface area contributed by atoms with Crippen LogP contribution in [0.1, 0.15) is 0 Å². The third kappa shape index (κ3) is 1.63. The molecule has 0 bridgehead atoms. The summed E-state index contributed by atoms with van der Waals surface area (Å²) >= 11 is 1.90. The maximum atomic E-state index is 5.20. The van der Waals surface area contributed by atoms with Gasteiger partial charge in [0.15, 0.2) is 23.0 Å². The minimum atomic E-state index is 0.892. The molecular weight excluding hydrogens is 311 g/mol. The molecule has 0 aliphatic heterocycles. The Hall–Kier alpha value is -1.29. The molecule has 0 amide bonds. The highest BCUT2D eigenvalue weighted by molar-refractivity contribution is 14.1. The van der Waals surface area contributed by atoms with Crippen LogP contribution in [0.25, 0.3) is 21.5 Å². The number of fused-ring (bicyclic) bond motifs is 2. The average Bonchev–Trinajstić information content (AvgIpc) is 2.35. The summed E-state index contributed by atoms with van der Waals surface area (Å²) < 4.78 is 5.20. The molecule has 0 unspecified atom stereocenters. The van der Waals surface area contributed by atoms with Crippen LogP contribution < -0.4 is 3.07 Å². The van der Waals surface area contributed by atoms with Crippen molar-refractivity contribution in [2.75, 3.05) is 0 Å². The summed E-state index contributed by atoms with van der Waals surface area (Å²) in [6, 6.07) is 19.0. The zero-order valence-electron chi connectivity index (χ0n) is 8.48. The van der Waals surface area contributed by atoms with E-state index in [2.05, 4.69) is 48.5 Å². The largest absolute Gasteiger partial charge is 0.428 e. The molecule has 3 rings (SSSR count). The van der Waals surface area contributed by atoms with Gasteiger partial charge in [-0.1, -0.05) is 30.3 Å². The molecule has 3 aromatic rings. The lowest BCUT2D eigenvalue weighted by molar-refractivity contribution is 0.719. The smallest absolute Gasteiger partial charge is 0.192 e. The monoisotopic (exact) mass is 320 g/mol. The van der Waals surface area contributed by atoms with Crippen molar-refractivity contribution in [1.29, 1.82) is 0 Å². The van der Waals surface area contributed by atoms with E-state index in [1.165, 1.54) is 21.5 Å². The molecule has 2 heteroatoms. The van der Waals surface area contributed by atoms with E-state index in [1.807, 2.05) is 29.1 Å². The molecule has 0 radical (unpaired) electrons. The van der Waals surface area contributed by atoms with Crippen molar-refractivity contribution >= 4 is 44.6 Å². The van der Waals surface area contributed by atoms with Crippen LogP contribution in [0.3, 0.4) is 0 Å². The molecule has 0 heterocycles. The van der Waals surface area contributed by atoms with Gasteiger partial charge in [0.1, 0.15) is 5.75 Å². The summed E-state index contributed by atoms with van der Waals surface area (Å²) in [6.45, 7) is 0. The molecule has 0 aromatic heterocycles. The predicted molar refractivity (Wildman–Crippen MR) is 76.1 cm³/mol. The maximum Gasteiger partial charge on any atom is 0.192 e. The predicted octanol–water partition coefficient (Wildman–Crippen LogP) is 4.72. The standard InChI is InChI=1S/C14H9IO/c15-16-14-6-5-12-7-10-3-1-2-4-11(10)8-13(12)9-14/h1-9H. The normalized spacial score (nSPS) is 10.8. The summed E-state index contributed by atoms with van der Waals surface area (Å²) in [5, 5.41) is 5.00. The molecule has 78 valence electrons. The van der Waals surface area contributed by atoms with Crippen LogP contribution in [-0.4, -0.2) is 0 Å². The first-order chi connectivity index (χ1) is 7.86. The molecule has 0 saturated heterocycles. The third-order valence-electron chi connectivity index (χ3n) is 2.77. The lowest BCUT2D eigenvalue weighted by Gasteiger charge is -2.03. The van der Waals surface area contributed by atoms with Crippen LogP contribution in [0.5, 0.6) is 5.75 Å². The highest BCUT2D eigenvalue weighted by Gasteiger charge is 1.99. The average molecular weight is 320 g/mol. The third-order valence-corrected chi connectivity index (χ3v) is 3.27.